The van der Waals surface area contributed by atoms with Crippen LogP contribution in [0.1, 0.15) is 28.4 Å². The quantitative estimate of drug-likeness (QED) is 0.442. The summed E-state index contributed by atoms with van der Waals surface area (Å²) in [6.07, 6.45) is 1.57. The van der Waals surface area contributed by atoms with Crippen molar-refractivity contribution < 1.29 is 29.3 Å². The summed E-state index contributed by atoms with van der Waals surface area (Å²) in [5.74, 6) is -0.292. The molecule has 0 bridgehead atoms. The molecule has 1 fully saturated rings. The number of aromatic hydroxyl groups is 2. The summed E-state index contributed by atoms with van der Waals surface area (Å²) >= 11 is 1.20. The van der Waals surface area contributed by atoms with E-state index in [0.717, 1.165) is 0 Å². The number of phenolic OH excluding ortho intramolecular Hbond substituents is 2. The van der Waals surface area contributed by atoms with Gasteiger partial charge in [-0.2, -0.15) is 0 Å². The van der Waals surface area contributed by atoms with Crippen molar-refractivity contribution in [1.29, 1.82) is 0 Å². The van der Waals surface area contributed by atoms with Crippen LogP contribution in [-0.4, -0.2) is 41.3 Å². The maximum atomic E-state index is 13.6. The predicted octanol–water partition coefficient (Wildman–Crippen LogP) is 4.25. The Balaban J connectivity index is 1.81. The van der Waals surface area contributed by atoms with Crippen LogP contribution in [0, 0.1) is 0 Å². The maximum absolute atomic E-state index is 13.6. The molecule has 1 heterocycles. The first-order valence-electron chi connectivity index (χ1n) is 10.6. The number of hydrazine groups is 1. The van der Waals surface area contributed by atoms with Crippen LogP contribution in [0.25, 0.3) is 6.08 Å². The summed E-state index contributed by atoms with van der Waals surface area (Å²) in [6, 6.07) is 17.9. The van der Waals surface area contributed by atoms with Crippen molar-refractivity contribution >= 4 is 29.7 Å². The van der Waals surface area contributed by atoms with Crippen molar-refractivity contribution in [2.75, 3.05) is 14.2 Å². The average Bonchev–Trinajstić information content (AvgIpc) is 3.10. The van der Waals surface area contributed by atoms with Crippen molar-refractivity contribution in [3.8, 4) is 23.0 Å². The van der Waals surface area contributed by atoms with Crippen molar-refractivity contribution in [2.24, 2.45) is 0 Å². The zero-order valence-electron chi connectivity index (χ0n) is 19.3. The third-order valence-electron chi connectivity index (χ3n) is 5.62. The lowest BCUT2D eigenvalue weighted by Gasteiger charge is -2.34. The molecule has 3 aromatic carbocycles. The monoisotopic (exact) mass is 492 g/mol. The third-order valence-corrected chi connectivity index (χ3v) is 6.95. The van der Waals surface area contributed by atoms with Gasteiger partial charge in [-0.05, 0) is 48.9 Å². The van der Waals surface area contributed by atoms with Gasteiger partial charge in [-0.25, -0.2) is 5.01 Å². The van der Waals surface area contributed by atoms with Crippen molar-refractivity contribution in [1.82, 2.24) is 10.4 Å². The van der Waals surface area contributed by atoms with Crippen LogP contribution in [0.2, 0.25) is 0 Å². The van der Waals surface area contributed by atoms with E-state index in [1.165, 1.54) is 49.2 Å². The molecule has 1 unspecified atom stereocenters. The largest absolute Gasteiger partial charge is 0.507 e. The number of carbonyl (C=O) groups is 2. The van der Waals surface area contributed by atoms with Gasteiger partial charge < -0.3 is 19.7 Å². The Morgan fingerprint density at radius 2 is 1.57 bits per heavy atom. The maximum Gasteiger partial charge on any atom is 0.280 e. The number of ether oxygens (including phenoxy) is 2. The molecule has 0 radical (unpaired) electrons. The molecule has 3 aromatic rings. The summed E-state index contributed by atoms with van der Waals surface area (Å²) in [7, 11) is 3.05. The minimum atomic E-state index is -1.12. The Labute approximate surface area is 206 Å². The van der Waals surface area contributed by atoms with Gasteiger partial charge in [0.25, 0.3) is 11.8 Å². The summed E-state index contributed by atoms with van der Waals surface area (Å²) in [6.45, 7) is 1.78. The molecule has 2 amide bonds. The highest BCUT2D eigenvalue weighted by molar-refractivity contribution is 8.05. The third kappa shape index (κ3) is 4.63. The summed E-state index contributed by atoms with van der Waals surface area (Å²) in [4.78, 5) is 25.8. The number of benzene rings is 3. The number of nitrogens with zero attached hydrogens (tertiary/aromatic N) is 1. The molecule has 3 N–H and O–H groups in total. The lowest BCUT2D eigenvalue weighted by Crippen LogP contribution is -2.51. The minimum absolute atomic E-state index is 0.0222. The Bertz CT molecular complexity index is 1300. The number of amides is 2. The summed E-state index contributed by atoms with van der Waals surface area (Å²) in [5, 5.41) is 21.6. The Morgan fingerprint density at radius 3 is 2.17 bits per heavy atom. The molecule has 35 heavy (non-hydrogen) atoms. The van der Waals surface area contributed by atoms with Gasteiger partial charge in [0.1, 0.15) is 27.9 Å². The van der Waals surface area contributed by atoms with Gasteiger partial charge in [-0.15, -0.1) is 0 Å². The number of methoxy groups -OCH3 is 2. The standard InChI is InChI=1S/C26H24N2O6S/c1-26(17-13-18(33-2)15-19(14-17)34-3)28(27-24(31)20-9-5-7-11-22(20)30)25(32)23(35-26)12-16-8-4-6-10-21(16)29/h4-15,29-30H,1-3H3,(H,27,31)/b23-12-. The SMILES string of the molecule is COc1cc(OC)cc(C2(C)S/C(=C\c3ccccc3O)C(=O)N2NC(=O)c2ccccc2O)c1. The molecule has 8 nitrogen and oxygen atoms in total. The van der Waals surface area contributed by atoms with Crippen LogP contribution in [-0.2, 0) is 9.67 Å². The fourth-order valence-corrected chi connectivity index (χ4v) is 4.95. The highest BCUT2D eigenvalue weighted by Crippen LogP contribution is 2.51. The van der Waals surface area contributed by atoms with Gasteiger partial charge in [0.05, 0.1) is 24.7 Å². The molecular weight excluding hydrogens is 468 g/mol. The number of phenols is 2. The number of para-hydroxylation sites is 2. The molecule has 1 aliphatic heterocycles. The van der Waals surface area contributed by atoms with Crippen molar-refractivity contribution in [3.63, 3.8) is 0 Å². The first kappa shape index (κ1) is 24.0. The van der Waals surface area contributed by atoms with E-state index in [0.29, 0.717) is 27.5 Å². The van der Waals surface area contributed by atoms with Crippen LogP contribution in [0.3, 0.4) is 0 Å². The van der Waals surface area contributed by atoms with Crippen LogP contribution in [0.5, 0.6) is 23.0 Å². The van der Waals surface area contributed by atoms with Crippen LogP contribution >= 0.6 is 11.8 Å². The zero-order valence-corrected chi connectivity index (χ0v) is 20.1. The number of hydrogen-bond acceptors (Lipinski definition) is 7. The molecule has 180 valence electrons. The lowest BCUT2D eigenvalue weighted by molar-refractivity contribution is -0.131. The van der Waals surface area contributed by atoms with E-state index in [2.05, 4.69) is 5.43 Å². The van der Waals surface area contributed by atoms with Crippen LogP contribution in [0.4, 0.5) is 0 Å². The molecule has 0 aromatic heterocycles. The molecule has 4 rings (SSSR count). The first-order chi connectivity index (χ1) is 16.8. The van der Waals surface area contributed by atoms with E-state index < -0.39 is 16.7 Å². The average molecular weight is 493 g/mol. The molecule has 0 saturated carbocycles. The second-order valence-electron chi connectivity index (χ2n) is 7.85. The Kier molecular flexibility index (Phi) is 6.61. The number of carbonyl (C=O) groups excluding carboxylic acids is 2. The highest BCUT2D eigenvalue weighted by atomic mass is 32.2. The molecule has 9 heteroatoms. The van der Waals surface area contributed by atoms with Crippen LogP contribution < -0.4 is 14.9 Å². The molecule has 1 atom stereocenters. The van der Waals surface area contributed by atoms with Gasteiger partial charge in [0.2, 0.25) is 0 Å². The first-order valence-corrected chi connectivity index (χ1v) is 11.4. The molecule has 0 aliphatic carbocycles. The van der Waals surface area contributed by atoms with E-state index in [-0.39, 0.29) is 17.1 Å². The van der Waals surface area contributed by atoms with E-state index in [1.54, 1.807) is 61.5 Å². The van der Waals surface area contributed by atoms with Gasteiger partial charge in [-0.1, -0.05) is 42.1 Å². The highest BCUT2D eigenvalue weighted by Gasteiger charge is 2.49. The van der Waals surface area contributed by atoms with Gasteiger partial charge >= 0.3 is 0 Å². The van der Waals surface area contributed by atoms with E-state index >= 15 is 0 Å². The molecule has 1 saturated heterocycles. The minimum Gasteiger partial charge on any atom is -0.507 e. The Hall–Kier alpha value is -4.11. The fraction of sp³-hybridized carbons (Fsp3) is 0.154. The zero-order chi connectivity index (χ0) is 25.2. The lowest BCUT2D eigenvalue weighted by atomic mass is 10.1. The van der Waals surface area contributed by atoms with Crippen molar-refractivity contribution in [3.05, 3.63) is 88.3 Å². The molecule has 0 spiro atoms. The van der Waals surface area contributed by atoms with Gasteiger partial charge in [0.15, 0.2) is 0 Å². The smallest absolute Gasteiger partial charge is 0.280 e. The number of thioether (sulfide) groups is 1. The van der Waals surface area contributed by atoms with Crippen LogP contribution in [0.15, 0.2) is 71.6 Å². The van der Waals surface area contributed by atoms with Gasteiger partial charge in [-0.3, -0.25) is 15.0 Å². The van der Waals surface area contributed by atoms with Crippen molar-refractivity contribution in [2.45, 2.75) is 11.8 Å². The fourth-order valence-electron chi connectivity index (χ4n) is 3.70. The Morgan fingerprint density at radius 1 is 0.971 bits per heavy atom. The van der Waals surface area contributed by atoms with E-state index in [4.69, 9.17) is 9.47 Å². The summed E-state index contributed by atoms with van der Waals surface area (Å²) < 4.78 is 10.8. The van der Waals surface area contributed by atoms with Gasteiger partial charge in [0, 0.05) is 11.6 Å². The normalized spacial score (nSPS) is 18.5. The second kappa shape index (κ2) is 9.63. The van der Waals surface area contributed by atoms with E-state index in [9.17, 15) is 19.8 Å². The predicted molar refractivity (Wildman–Crippen MR) is 133 cm³/mol. The summed E-state index contributed by atoms with van der Waals surface area (Å²) in [5.41, 5.74) is 3.77. The number of nitrogens with one attached hydrogen (secondary N) is 1. The number of rotatable bonds is 6. The topological polar surface area (TPSA) is 108 Å². The number of hydrogen-bond donors (Lipinski definition) is 3. The second-order valence-corrected chi connectivity index (χ2v) is 9.29. The van der Waals surface area contributed by atoms with E-state index in [1.807, 2.05) is 0 Å². The molecular formula is C26H24N2O6S. The molecule has 1 aliphatic rings.